The van der Waals surface area contributed by atoms with Gasteiger partial charge in [-0.2, -0.15) is 0 Å². The summed E-state index contributed by atoms with van der Waals surface area (Å²) < 4.78 is 7.27. The predicted molar refractivity (Wildman–Crippen MR) is 131 cm³/mol. The average Bonchev–Trinajstić information content (AvgIpc) is 2.72. The minimum atomic E-state index is -0.0677. The summed E-state index contributed by atoms with van der Waals surface area (Å²) in [6.07, 6.45) is 3.92. The Morgan fingerprint density at radius 1 is 1.23 bits per heavy atom. The Balaban J connectivity index is 1.80. The van der Waals surface area contributed by atoms with E-state index in [1.165, 1.54) is 0 Å². The van der Waals surface area contributed by atoms with Crippen molar-refractivity contribution in [2.75, 3.05) is 23.3 Å². The number of hydrogen-bond acceptors (Lipinski definition) is 5. The topological polar surface area (TPSA) is 58.4 Å². The SMILES string of the molecule is Cc1cc(C(C)Nc2cccnc2Br)c2oc(N3CCC(C)(C)CC3)c(C)c(=O)c2c1. The molecule has 1 N–H and O–H groups in total. The molecule has 0 amide bonds. The minimum Gasteiger partial charge on any atom is -0.440 e. The van der Waals surface area contributed by atoms with E-state index in [0.717, 1.165) is 47.3 Å². The summed E-state index contributed by atoms with van der Waals surface area (Å²) >= 11 is 3.50. The van der Waals surface area contributed by atoms with Crippen LogP contribution in [-0.4, -0.2) is 18.1 Å². The molecule has 0 radical (unpaired) electrons. The van der Waals surface area contributed by atoms with Gasteiger partial charge in [0.15, 0.2) is 5.43 Å². The average molecular weight is 484 g/mol. The van der Waals surface area contributed by atoms with Crippen molar-refractivity contribution in [3.8, 4) is 0 Å². The molecule has 1 aromatic carbocycles. The van der Waals surface area contributed by atoms with Crippen LogP contribution in [0.4, 0.5) is 11.6 Å². The standard InChI is InChI=1S/C25H30BrN3O2/c1-15-13-18(17(3)28-20-7-6-10-27-23(20)26)22-19(14-15)21(30)16(2)24(31-22)29-11-8-25(4,5)9-12-29/h6-7,10,13-14,17,28H,8-9,11-12H2,1-5H3. The number of halogens is 1. The molecule has 0 spiro atoms. The third-order valence-corrected chi connectivity index (χ3v) is 7.00. The van der Waals surface area contributed by atoms with Crippen LogP contribution in [0.3, 0.4) is 0 Å². The minimum absolute atomic E-state index is 0.0563. The number of aryl methyl sites for hydroxylation is 1. The third kappa shape index (κ3) is 4.36. The van der Waals surface area contributed by atoms with Crippen LogP contribution in [0.2, 0.25) is 0 Å². The van der Waals surface area contributed by atoms with Gasteiger partial charge in [-0.3, -0.25) is 4.79 Å². The molecule has 1 fully saturated rings. The first-order chi connectivity index (χ1) is 14.7. The van der Waals surface area contributed by atoms with Gasteiger partial charge >= 0.3 is 0 Å². The molecule has 0 aliphatic carbocycles. The number of aromatic nitrogens is 1. The highest BCUT2D eigenvalue weighted by molar-refractivity contribution is 9.10. The van der Waals surface area contributed by atoms with Crippen LogP contribution < -0.4 is 15.6 Å². The fourth-order valence-corrected chi connectivity index (χ4v) is 4.66. The lowest BCUT2D eigenvalue weighted by molar-refractivity contribution is 0.274. The van der Waals surface area contributed by atoms with Gasteiger partial charge in [-0.05, 0) is 78.7 Å². The predicted octanol–water partition coefficient (Wildman–Crippen LogP) is 6.37. The van der Waals surface area contributed by atoms with Crippen LogP contribution in [-0.2, 0) is 0 Å². The van der Waals surface area contributed by atoms with Gasteiger partial charge in [0, 0.05) is 24.8 Å². The summed E-state index contributed by atoms with van der Waals surface area (Å²) in [5, 5.41) is 4.15. The van der Waals surface area contributed by atoms with Crippen molar-refractivity contribution in [2.24, 2.45) is 5.41 Å². The number of anilines is 2. The van der Waals surface area contributed by atoms with Crippen molar-refractivity contribution in [1.29, 1.82) is 0 Å². The van der Waals surface area contributed by atoms with E-state index < -0.39 is 0 Å². The molecule has 1 saturated heterocycles. The molecule has 4 rings (SSSR count). The summed E-state index contributed by atoms with van der Waals surface area (Å²) in [5.74, 6) is 0.716. The molecule has 0 bridgehead atoms. The monoisotopic (exact) mass is 483 g/mol. The second-order valence-corrected chi connectivity index (χ2v) is 10.2. The largest absolute Gasteiger partial charge is 0.440 e. The summed E-state index contributed by atoms with van der Waals surface area (Å²) in [6.45, 7) is 12.4. The molecular formula is C25H30BrN3O2. The molecule has 0 saturated carbocycles. The fourth-order valence-electron chi connectivity index (χ4n) is 4.30. The van der Waals surface area contributed by atoms with Gasteiger partial charge in [-0.15, -0.1) is 0 Å². The molecule has 1 aliphatic heterocycles. The highest BCUT2D eigenvalue weighted by Gasteiger charge is 2.28. The lowest BCUT2D eigenvalue weighted by Crippen LogP contribution is -2.38. The Bertz CT molecular complexity index is 1180. The number of nitrogens with one attached hydrogen (secondary N) is 1. The van der Waals surface area contributed by atoms with E-state index >= 15 is 0 Å². The smallest absolute Gasteiger partial charge is 0.202 e. The number of benzene rings is 1. The van der Waals surface area contributed by atoms with E-state index in [1.54, 1.807) is 6.20 Å². The Labute approximate surface area is 192 Å². The molecule has 1 aliphatic rings. The molecule has 1 unspecified atom stereocenters. The Hall–Kier alpha value is -2.34. The summed E-state index contributed by atoms with van der Waals surface area (Å²) in [4.78, 5) is 19.9. The van der Waals surface area contributed by atoms with Gasteiger partial charge in [0.05, 0.1) is 22.7 Å². The summed E-state index contributed by atoms with van der Waals surface area (Å²) in [6, 6.07) is 7.85. The molecular weight excluding hydrogens is 454 g/mol. The van der Waals surface area contributed by atoms with E-state index in [9.17, 15) is 4.79 Å². The van der Waals surface area contributed by atoms with Gasteiger partial charge < -0.3 is 14.6 Å². The van der Waals surface area contributed by atoms with Crippen LogP contribution in [0.5, 0.6) is 0 Å². The zero-order chi connectivity index (χ0) is 22.3. The van der Waals surface area contributed by atoms with Crippen LogP contribution >= 0.6 is 15.9 Å². The highest BCUT2D eigenvalue weighted by Crippen LogP contribution is 2.36. The van der Waals surface area contributed by atoms with Gasteiger partial charge in [0.2, 0.25) is 5.88 Å². The molecule has 31 heavy (non-hydrogen) atoms. The van der Waals surface area contributed by atoms with Crippen molar-refractivity contribution in [1.82, 2.24) is 4.98 Å². The van der Waals surface area contributed by atoms with Gasteiger partial charge in [-0.25, -0.2) is 4.98 Å². The Morgan fingerprint density at radius 3 is 2.61 bits per heavy atom. The van der Waals surface area contributed by atoms with Gasteiger partial charge in [0.25, 0.3) is 0 Å². The molecule has 164 valence electrons. The normalized spacial score (nSPS) is 17.0. The first-order valence-electron chi connectivity index (χ1n) is 10.9. The lowest BCUT2D eigenvalue weighted by Gasteiger charge is -2.37. The van der Waals surface area contributed by atoms with Crippen molar-refractivity contribution in [3.63, 3.8) is 0 Å². The fraction of sp³-hybridized carbons (Fsp3) is 0.440. The number of pyridine rings is 1. The molecule has 3 heterocycles. The van der Waals surface area contributed by atoms with Crippen molar-refractivity contribution in [3.05, 3.63) is 62.0 Å². The lowest BCUT2D eigenvalue weighted by atomic mass is 9.82. The molecule has 2 aromatic heterocycles. The second-order valence-electron chi connectivity index (χ2n) is 9.45. The third-order valence-electron chi connectivity index (χ3n) is 6.37. The summed E-state index contributed by atoms with van der Waals surface area (Å²) in [7, 11) is 0. The van der Waals surface area contributed by atoms with E-state index in [-0.39, 0.29) is 11.5 Å². The quantitative estimate of drug-likeness (QED) is 0.437. The van der Waals surface area contributed by atoms with Gasteiger partial charge in [0.1, 0.15) is 10.2 Å². The van der Waals surface area contributed by atoms with E-state index in [2.05, 4.69) is 58.0 Å². The van der Waals surface area contributed by atoms with Crippen LogP contribution in [0.1, 0.15) is 56.3 Å². The molecule has 6 heteroatoms. The van der Waals surface area contributed by atoms with Crippen LogP contribution in [0, 0.1) is 19.3 Å². The van der Waals surface area contributed by atoms with Crippen molar-refractivity contribution in [2.45, 2.75) is 53.5 Å². The Morgan fingerprint density at radius 2 is 1.94 bits per heavy atom. The Kier molecular flexibility index (Phi) is 5.86. The zero-order valence-electron chi connectivity index (χ0n) is 18.9. The first-order valence-corrected chi connectivity index (χ1v) is 11.7. The van der Waals surface area contributed by atoms with E-state index in [4.69, 9.17) is 4.42 Å². The molecule has 3 aromatic rings. The first kappa shape index (κ1) is 21.9. The maximum Gasteiger partial charge on any atom is 0.202 e. The molecule has 5 nitrogen and oxygen atoms in total. The number of hydrogen-bond donors (Lipinski definition) is 1. The van der Waals surface area contributed by atoms with E-state index in [1.807, 2.05) is 32.0 Å². The van der Waals surface area contributed by atoms with Crippen molar-refractivity contribution >= 4 is 38.5 Å². The van der Waals surface area contributed by atoms with Crippen molar-refractivity contribution < 1.29 is 4.42 Å². The second kappa shape index (κ2) is 8.30. The number of nitrogens with zero attached hydrogens (tertiary/aromatic N) is 2. The maximum absolute atomic E-state index is 13.3. The maximum atomic E-state index is 13.3. The van der Waals surface area contributed by atoms with Crippen LogP contribution in [0.15, 0.2) is 44.3 Å². The summed E-state index contributed by atoms with van der Waals surface area (Å²) in [5.41, 5.74) is 4.67. The van der Waals surface area contributed by atoms with Gasteiger partial charge in [-0.1, -0.05) is 19.9 Å². The zero-order valence-corrected chi connectivity index (χ0v) is 20.5. The number of rotatable bonds is 4. The van der Waals surface area contributed by atoms with Crippen LogP contribution in [0.25, 0.3) is 11.0 Å². The number of fused-ring (bicyclic) bond motifs is 1. The molecule has 1 atom stereocenters. The highest BCUT2D eigenvalue weighted by atomic mass is 79.9. The van der Waals surface area contributed by atoms with E-state index in [0.29, 0.717) is 27.8 Å². The number of piperidine rings is 1.